The smallest absolute Gasteiger partial charge is 0.133 e. The summed E-state index contributed by atoms with van der Waals surface area (Å²) in [5, 5.41) is 3.19. The topological polar surface area (TPSA) is 21.3 Å². The summed E-state index contributed by atoms with van der Waals surface area (Å²) in [5.74, 6) is 0.952. The molecule has 0 aliphatic carbocycles. The maximum absolute atomic E-state index is 6.19. The van der Waals surface area contributed by atoms with Crippen LogP contribution in [-0.2, 0) is 0 Å². The van der Waals surface area contributed by atoms with Crippen LogP contribution in [-0.4, -0.2) is 13.6 Å². The third-order valence-electron chi connectivity index (χ3n) is 2.93. The van der Waals surface area contributed by atoms with Crippen molar-refractivity contribution in [1.29, 1.82) is 0 Å². The lowest BCUT2D eigenvalue weighted by Gasteiger charge is -2.20. The number of hydrogen-bond donors (Lipinski definition) is 1. The van der Waals surface area contributed by atoms with Gasteiger partial charge in [-0.05, 0) is 53.9 Å². The van der Waals surface area contributed by atoms with Gasteiger partial charge in [0, 0.05) is 6.42 Å². The average molecular weight is 404 g/mol. The highest BCUT2D eigenvalue weighted by Crippen LogP contribution is 2.28. The SMILES string of the molecule is CNCC[C@@H](Oc1ccccc1I)c1ccccc1.Cl. The number of ether oxygens (including phenoxy) is 1. The highest BCUT2D eigenvalue weighted by Gasteiger charge is 2.13. The van der Waals surface area contributed by atoms with Gasteiger partial charge in [-0.1, -0.05) is 42.5 Å². The monoisotopic (exact) mass is 403 g/mol. The number of nitrogens with one attached hydrogen (secondary N) is 1. The zero-order valence-corrected chi connectivity index (χ0v) is 14.4. The molecule has 0 aromatic heterocycles. The second-order valence-corrected chi connectivity index (χ2v) is 5.50. The minimum atomic E-state index is 0. The molecule has 0 aliphatic rings. The molecule has 1 atom stereocenters. The quantitative estimate of drug-likeness (QED) is 0.720. The molecule has 4 heteroatoms. The van der Waals surface area contributed by atoms with Gasteiger partial charge in [-0.25, -0.2) is 0 Å². The number of rotatable bonds is 6. The molecule has 0 fully saturated rings. The van der Waals surface area contributed by atoms with E-state index in [1.165, 1.54) is 5.56 Å². The van der Waals surface area contributed by atoms with E-state index >= 15 is 0 Å². The number of halogens is 2. The molecule has 0 bridgehead atoms. The first-order chi connectivity index (χ1) is 9.31. The zero-order valence-electron chi connectivity index (χ0n) is 11.4. The fraction of sp³-hybridized carbons (Fsp3) is 0.250. The van der Waals surface area contributed by atoms with Crippen molar-refractivity contribution in [3.8, 4) is 5.75 Å². The lowest BCUT2D eigenvalue weighted by atomic mass is 10.1. The summed E-state index contributed by atoms with van der Waals surface area (Å²) in [6.45, 7) is 0.934. The van der Waals surface area contributed by atoms with E-state index in [4.69, 9.17) is 4.74 Å². The van der Waals surface area contributed by atoms with Gasteiger partial charge in [0.2, 0.25) is 0 Å². The highest BCUT2D eigenvalue weighted by molar-refractivity contribution is 14.1. The molecular weight excluding hydrogens is 385 g/mol. The Balaban J connectivity index is 0.00000200. The van der Waals surface area contributed by atoms with Gasteiger partial charge in [0.15, 0.2) is 0 Å². The largest absolute Gasteiger partial charge is 0.485 e. The lowest BCUT2D eigenvalue weighted by molar-refractivity contribution is 0.193. The molecule has 0 spiro atoms. The van der Waals surface area contributed by atoms with Crippen LogP contribution in [0.25, 0.3) is 0 Å². The molecule has 2 aromatic rings. The fourth-order valence-electron chi connectivity index (χ4n) is 1.93. The standard InChI is InChI=1S/C16H18INO.ClH/c1-18-12-11-15(13-7-3-2-4-8-13)19-16-10-6-5-9-14(16)17;/h2-10,15,18H,11-12H2,1H3;1H/t15-;/m1./s1. The van der Waals surface area contributed by atoms with E-state index in [1.54, 1.807) is 0 Å². The van der Waals surface area contributed by atoms with E-state index < -0.39 is 0 Å². The summed E-state index contributed by atoms with van der Waals surface area (Å²) in [6.07, 6.45) is 1.04. The van der Waals surface area contributed by atoms with Gasteiger partial charge in [0.05, 0.1) is 3.57 Å². The molecule has 108 valence electrons. The predicted molar refractivity (Wildman–Crippen MR) is 94.8 cm³/mol. The van der Waals surface area contributed by atoms with Crippen molar-refractivity contribution in [1.82, 2.24) is 5.32 Å². The number of benzene rings is 2. The Bertz CT molecular complexity index is 507. The van der Waals surface area contributed by atoms with Crippen LogP contribution in [0.15, 0.2) is 54.6 Å². The Labute approximate surface area is 140 Å². The van der Waals surface area contributed by atoms with E-state index in [0.29, 0.717) is 0 Å². The van der Waals surface area contributed by atoms with Crippen molar-refractivity contribution in [3.05, 3.63) is 63.7 Å². The van der Waals surface area contributed by atoms with Crippen LogP contribution >= 0.6 is 35.0 Å². The van der Waals surface area contributed by atoms with Crippen molar-refractivity contribution in [2.75, 3.05) is 13.6 Å². The first-order valence-electron chi connectivity index (χ1n) is 6.42. The van der Waals surface area contributed by atoms with Crippen LogP contribution in [0, 0.1) is 3.57 Å². The molecule has 0 aliphatic heterocycles. The molecular formula is C16H19ClINO. The van der Waals surface area contributed by atoms with E-state index in [-0.39, 0.29) is 18.5 Å². The maximum Gasteiger partial charge on any atom is 0.133 e. The molecule has 2 nitrogen and oxygen atoms in total. The summed E-state index contributed by atoms with van der Waals surface area (Å²) in [5.41, 5.74) is 1.22. The molecule has 0 unspecified atom stereocenters. The molecule has 0 saturated heterocycles. The van der Waals surface area contributed by atoms with Crippen LogP contribution in [0.3, 0.4) is 0 Å². The molecule has 0 amide bonds. The second-order valence-electron chi connectivity index (χ2n) is 4.34. The van der Waals surface area contributed by atoms with E-state index in [0.717, 1.165) is 22.3 Å². The molecule has 0 radical (unpaired) electrons. The minimum absolute atomic E-state index is 0. The van der Waals surface area contributed by atoms with Crippen LogP contribution in [0.4, 0.5) is 0 Å². The molecule has 1 N–H and O–H groups in total. The number of hydrogen-bond acceptors (Lipinski definition) is 2. The van der Waals surface area contributed by atoms with E-state index in [9.17, 15) is 0 Å². The Morgan fingerprint density at radius 2 is 1.70 bits per heavy atom. The van der Waals surface area contributed by atoms with E-state index in [2.05, 4.69) is 58.2 Å². The lowest BCUT2D eigenvalue weighted by Crippen LogP contribution is -2.16. The molecule has 2 rings (SSSR count). The Hall–Kier alpha value is -0.780. The van der Waals surface area contributed by atoms with Crippen LogP contribution in [0.2, 0.25) is 0 Å². The normalized spacial score (nSPS) is 11.5. The highest BCUT2D eigenvalue weighted by atomic mass is 127. The summed E-state index contributed by atoms with van der Waals surface area (Å²) in [7, 11) is 1.97. The zero-order chi connectivity index (χ0) is 13.5. The van der Waals surface area contributed by atoms with Crippen LogP contribution < -0.4 is 10.1 Å². The number of para-hydroxylation sites is 1. The van der Waals surface area contributed by atoms with Crippen LogP contribution in [0.1, 0.15) is 18.1 Å². The molecule has 20 heavy (non-hydrogen) atoms. The van der Waals surface area contributed by atoms with Gasteiger partial charge in [0.1, 0.15) is 11.9 Å². The summed E-state index contributed by atoms with van der Waals surface area (Å²) >= 11 is 2.31. The van der Waals surface area contributed by atoms with Gasteiger partial charge in [0.25, 0.3) is 0 Å². The first-order valence-corrected chi connectivity index (χ1v) is 7.50. The summed E-state index contributed by atoms with van der Waals surface area (Å²) < 4.78 is 7.33. The fourth-order valence-corrected chi connectivity index (χ4v) is 2.44. The third-order valence-corrected chi connectivity index (χ3v) is 3.82. The molecule has 2 aromatic carbocycles. The van der Waals surface area contributed by atoms with Gasteiger partial charge in [-0.3, -0.25) is 0 Å². The van der Waals surface area contributed by atoms with Gasteiger partial charge in [-0.15, -0.1) is 12.4 Å². The van der Waals surface area contributed by atoms with Crippen molar-refractivity contribution >= 4 is 35.0 Å². The van der Waals surface area contributed by atoms with Crippen molar-refractivity contribution in [3.63, 3.8) is 0 Å². The first kappa shape index (κ1) is 17.3. The minimum Gasteiger partial charge on any atom is -0.485 e. The van der Waals surface area contributed by atoms with Crippen molar-refractivity contribution < 1.29 is 4.74 Å². The van der Waals surface area contributed by atoms with Gasteiger partial charge < -0.3 is 10.1 Å². The van der Waals surface area contributed by atoms with Gasteiger partial charge >= 0.3 is 0 Å². The van der Waals surface area contributed by atoms with Gasteiger partial charge in [-0.2, -0.15) is 0 Å². The Kier molecular flexibility index (Phi) is 7.95. The van der Waals surface area contributed by atoms with E-state index in [1.807, 2.05) is 31.3 Å². The maximum atomic E-state index is 6.19. The van der Waals surface area contributed by atoms with Crippen LogP contribution in [0.5, 0.6) is 5.75 Å². The summed E-state index contributed by atoms with van der Waals surface area (Å²) in [6, 6.07) is 18.5. The predicted octanol–water partition coefficient (Wildman–Crippen LogP) is 4.44. The Morgan fingerprint density at radius 1 is 1.05 bits per heavy atom. The molecule has 0 heterocycles. The average Bonchev–Trinajstić information content (AvgIpc) is 2.46. The molecule has 0 saturated carbocycles. The third kappa shape index (κ3) is 4.96. The summed E-state index contributed by atoms with van der Waals surface area (Å²) in [4.78, 5) is 0. The Morgan fingerprint density at radius 3 is 2.35 bits per heavy atom. The second kappa shape index (κ2) is 9.21. The van der Waals surface area contributed by atoms with Crippen molar-refractivity contribution in [2.24, 2.45) is 0 Å². The van der Waals surface area contributed by atoms with Crippen molar-refractivity contribution in [2.45, 2.75) is 12.5 Å².